The van der Waals surface area contributed by atoms with Crippen LogP contribution in [0.5, 0.6) is 0 Å². The zero-order chi connectivity index (χ0) is 9.26. The van der Waals surface area contributed by atoms with Gasteiger partial charge in [0.25, 0.3) is 5.91 Å². The van der Waals surface area contributed by atoms with E-state index in [0.717, 1.165) is 6.54 Å². The first kappa shape index (κ1) is 8.22. The van der Waals surface area contributed by atoms with E-state index in [1.807, 2.05) is 0 Å². The normalized spacial score (nSPS) is 15.8. The third-order valence-corrected chi connectivity index (χ3v) is 2.20. The molecule has 13 heavy (non-hydrogen) atoms. The predicted octanol–water partition coefficient (Wildman–Crippen LogP) is -0.0451. The highest BCUT2D eigenvalue weighted by molar-refractivity contribution is 5.92. The van der Waals surface area contributed by atoms with Crippen LogP contribution in [-0.4, -0.2) is 27.4 Å². The molecule has 1 aliphatic rings. The van der Waals surface area contributed by atoms with Crippen LogP contribution in [0.3, 0.4) is 0 Å². The summed E-state index contributed by atoms with van der Waals surface area (Å²) in [6, 6.07) is 0. The predicted molar refractivity (Wildman–Crippen MR) is 46.1 cm³/mol. The second-order valence-electron chi connectivity index (χ2n) is 3.40. The van der Waals surface area contributed by atoms with Gasteiger partial charge in [0.15, 0.2) is 0 Å². The van der Waals surface area contributed by atoms with E-state index in [9.17, 15) is 4.79 Å². The van der Waals surface area contributed by atoms with E-state index in [-0.39, 0.29) is 5.91 Å². The number of carbonyl (C=O) groups excluding carboxylic acids is 1. The molecule has 2 rings (SSSR count). The topological polar surface area (TPSA) is 59.8 Å². The largest absolute Gasteiger partial charge is 0.350 e. The van der Waals surface area contributed by atoms with Crippen LogP contribution in [0, 0.1) is 5.92 Å². The van der Waals surface area contributed by atoms with Crippen molar-refractivity contribution in [2.45, 2.75) is 12.8 Å². The third kappa shape index (κ3) is 1.85. The van der Waals surface area contributed by atoms with Crippen molar-refractivity contribution >= 4 is 5.91 Å². The van der Waals surface area contributed by atoms with E-state index in [4.69, 9.17) is 0 Å². The smallest absolute Gasteiger partial charge is 0.271 e. The second-order valence-corrected chi connectivity index (χ2v) is 3.40. The first-order chi connectivity index (χ1) is 6.27. The van der Waals surface area contributed by atoms with Crippen molar-refractivity contribution in [1.82, 2.24) is 20.3 Å². The molecule has 70 valence electrons. The minimum atomic E-state index is -0.0839. The van der Waals surface area contributed by atoms with Gasteiger partial charge in [-0.2, -0.15) is 0 Å². The Morgan fingerprint density at radius 2 is 2.54 bits per heavy atom. The average molecular weight is 180 g/mol. The van der Waals surface area contributed by atoms with E-state index in [2.05, 4.69) is 15.6 Å². The molecule has 1 aliphatic carbocycles. The Morgan fingerprint density at radius 1 is 1.77 bits per heavy atom. The lowest BCUT2D eigenvalue weighted by Crippen LogP contribution is -2.27. The standard InChI is InChI=1S/C8H12N4O/c1-12-7(5-10-11-12)8(13)9-4-6-2-3-6/h5-6H,2-4H2,1H3,(H,9,13). The van der Waals surface area contributed by atoms with Crippen LogP contribution in [0.2, 0.25) is 0 Å². The maximum atomic E-state index is 11.4. The summed E-state index contributed by atoms with van der Waals surface area (Å²) < 4.78 is 1.47. The summed E-state index contributed by atoms with van der Waals surface area (Å²) in [6.45, 7) is 0.782. The van der Waals surface area contributed by atoms with Crippen LogP contribution >= 0.6 is 0 Å². The fourth-order valence-corrected chi connectivity index (χ4v) is 1.14. The Kier molecular flexibility index (Phi) is 2.00. The Hall–Kier alpha value is -1.39. The molecule has 0 unspecified atom stereocenters. The van der Waals surface area contributed by atoms with E-state index in [0.29, 0.717) is 11.6 Å². The minimum Gasteiger partial charge on any atom is -0.350 e. The fourth-order valence-electron chi connectivity index (χ4n) is 1.14. The van der Waals surface area contributed by atoms with E-state index >= 15 is 0 Å². The van der Waals surface area contributed by atoms with Gasteiger partial charge >= 0.3 is 0 Å². The number of aromatic nitrogens is 3. The molecule has 1 aromatic rings. The van der Waals surface area contributed by atoms with E-state index < -0.39 is 0 Å². The van der Waals surface area contributed by atoms with Gasteiger partial charge in [-0.25, -0.2) is 4.68 Å². The molecule has 0 saturated heterocycles. The monoisotopic (exact) mass is 180 g/mol. The van der Waals surface area contributed by atoms with Crippen molar-refractivity contribution < 1.29 is 4.79 Å². The van der Waals surface area contributed by atoms with Crippen molar-refractivity contribution in [1.29, 1.82) is 0 Å². The van der Waals surface area contributed by atoms with Gasteiger partial charge in [-0.05, 0) is 18.8 Å². The molecular formula is C8H12N4O. The van der Waals surface area contributed by atoms with Crippen LogP contribution in [0.4, 0.5) is 0 Å². The number of hydrogen-bond acceptors (Lipinski definition) is 3. The minimum absolute atomic E-state index is 0.0839. The zero-order valence-corrected chi connectivity index (χ0v) is 7.53. The number of nitrogens with one attached hydrogen (secondary N) is 1. The number of carbonyl (C=O) groups is 1. The Morgan fingerprint density at radius 3 is 3.08 bits per heavy atom. The van der Waals surface area contributed by atoms with Crippen LogP contribution in [-0.2, 0) is 7.05 Å². The summed E-state index contributed by atoms with van der Waals surface area (Å²) in [6.07, 6.45) is 3.95. The molecule has 0 aromatic carbocycles. The Balaban J connectivity index is 1.92. The maximum Gasteiger partial charge on any atom is 0.271 e. The number of nitrogens with zero attached hydrogens (tertiary/aromatic N) is 3. The van der Waals surface area contributed by atoms with Crippen LogP contribution in [0.1, 0.15) is 23.3 Å². The van der Waals surface area contributed by atoms with Gasteiger partial charge in [0, 0.05) is 13.6 Å². The van der Waals surface area contributed by atoms with Crippen molar-refractivity contribution in [3.05, 3.63) is 11.9 Å². The molecule has 5 heteroatoms. The van der Waals surface area contributed by atoms with Gasteiger partial charge in [0.2, 0.25) is 0 Å². The Labute approximate surface area is 76.1 Å². The lowest BCUT2D eigenvalue weighted by atomic mass is 10.4. The number of amides is 1. The fraction of sp³-hybridized carbons (Fsp3) is 0.625. The molecule has 0 radical (unpaired) electrons. The van der Waals surface area contributed by atoms with Crippen LogP contribution < -0.4 is 5.32 Å². The molecule has 1 amide bonds. The van der Waals surface area contributed by atoms with Gasteiger partial charge in [0.05, 0.1) is 6.20 Å². The van der Waals surface area contributed by atoms with Gasteiger partial charge < -0.3 is 5.32 Å². The molecule has 1 heterocycles. The van der Waals surface area contributed by atoms with Crippen LogP contribution in [0.25, 0.3) is 0 Å². The second kappa shape index (κ2) is 3.16. The van der Waals surface area contributed by atoms with Crippen molar-refractivity contribution in [3.63, 3.8) is 0 Å². The van der Waals surface area contributed by atoms with Crippen LogP contribution in [0.15, 0.2) is 6.20 Å². The van der Waals surface area contributed by atoms with Gasteiger partial charge in [0.1, 0.15) is 5.69 Å². The molecule has 0 bridgehead atoms. The van der Waals surface area contributed by atoms with Gasteiger partial charge in [-0.15, -0.1) is 5.10 Å². The Bertz CT molecular complexity index is 316. The lowest BCUT2D eigenvalue weighted by Gasteiger charge is -2.02. The molecular weight excluding hydrogens is 168 g/mol. The molecule has 0 spiro atoms. The maximum absolute atomic E-state index is 11.4. The molecule has 1 aromatic heterocycles. The molecule has 1 saturated carbocycles. The summed E-state index contributed by atoms with van der Waals surface area (Å²) >= 11 is 0. The highest BCUT2D eigenvalue weighted by Crippen LogP contribution is 2.27. The summed E-state index contributed by atoms with van der Waals surface area (Å²) in [5, 5.41) is 10.2. The SMILES string of the molecule is Cn1nncc1C(=O)NCC1CC1. The van der Waals surface area contributed by atoms with Gasteiger partial charge in [-0.3, -0.25) is 4.79 Å². The third-order valence-electron chi connectivity index (χ3n) is 2.20. The van der Waals surface area contributed by atoms with Crippen molar-refractivity contribution in [3.8, 4) is 0 Å². The highest BCUT2D eigenvalue weighted by atomic mass is 16.2. The zero-order valence-electron chi connectivity index (χ0n) is 7.53. The first-order valence-electron chi connectivity index (χ1n) is 4.40. The molecule has 1 fully saturated rings. The van der Waals surface area contributed by atoms with E-state index in [1.54, 1.807) is 7.05 Å². The molecule has 1 N–H and O–H groups in total. The number of rotatable bonds is 3. The van der Waals surface area contributed by atoms with Crippen molar-refractivity contribution in [2.75, 3.05) is 6.54 Å². The quantitative estimate of drug-likeness (QED) is 0.709. The summed E-state index contributed by atoms with van der Waals surface area (Å²) in [5.74, 6) is 0.615. The summed E-state index contributed by atoms with van der Waals surface area (Å²) in [7, 11) is 1.71. The first-order valence-corrected chi connectivity index (χ1v) is 4.40. The van der Waals surface area contributed by atoms with Crippen molar-refractivity contribution in [2.24, 2.45) is 13.0 Å². The van der Waals surface area contributed by atoms with E-state index in [1.165, 1.54) is 23.7 Å². The summed E-state index contributed by atoms with van der Waals surface area (Å²) in [4.78, 5) is 11.4. The van der Waals surface area contributed by atoms with Gasteiger partial charge in [-0.1, -0.05) is 5.21 Å². The summed E-state index contributed by atoms with van der Waals surface area (Å²) in [5.41, 5.74) is 0.514. The molecule has 0 aliphatic heterocycles. The highest BCUT2D eigenvalue weighted by Gasteiger charge is 2.22. The molecule has 0 atom stereocenters. The number of aryl methyl sites for hydroxylation is 1. The lowest BCUT2D eigenvalue weighted by molar-refractivity contribution is 0.0942. The number of hydrogen-bond donors (Lipinski definition) is 1. The average Bonchev–Trinajstić information content (AvgIpc) is 2.84. The molecule has 5 nitrogen and oxygen atoms in total.